The van der Waals surface area contributed by atoms with Crippen LogP contribution in [0.5, 0.6) is 11.5 Å². The summed E-state index contributed by atoms with van der Waals surface area (Å²) in [7, 11) is 1.49. The highest BCUT2D eigenvalue weighted by Gasteiger charge is 2.40. The molecular formula is C17H16N2O4. The summed E-state index contributed by atoms with van der Waals surface area (Å²) in [5.74, 6) is -0.198. The molecule has 0 radical (unpaired) electrons. The summed E-state index contributed by atoms with van der Waals surface area (Å²) in [6.45, 7) is 0. The minimum absolute atomic E-state index is 0.0191. The van der Waals surface area contributed by atoms with Crippen molar-refractivity contribution in [2.24, 2.45) is 0 Å². The number of methoxy groups -OCH3 is 1. The Hall–Kier alpha value is -3.02. The standard InChI is InChI=1S/C17H16N2O4/c1-23-15-9-5-3-7-13(15)19-16(21)10-12(17(19)22)18-11-6-2-4-8-14(11)20/h2-9,12,18,20H,10H2,1H3. The lowest BCUT2D eigenvalue weighted by atomic mass is 10.2. The average molecular weight is 312 g/mol. The van der Waals surface area contributed by atoms with Crippen LogP contribution in [-0.2, 0) is 9.59 Å². The second-order valence-electron chi connectivity index (χ2n) is 5.16. The van der Waals surface area contributed by atoms with Crippen molar-refractivity contribution in [1.82, 2.24) is 0 Å². The number of phenols is 1. The zero-order valence-electron chi connectivity index (χ0n) is 12.5. The predicted octanol–water partition coefficient (Wildman–Crippen LogP) is 2.14. The van der Waals surface area contributed by atoms with E-state index >= 15 is 0 Å². The van der Waals surface area contributed by atoms with E-state index in [1.165, 1.54) is 13.2 Å². The van der Waals surface area contributed by atoms with Gasteiger partial charge in [0.05, 0.1) is 24.9 Å². The molecule has 23 heavy (non-hydrogen) atoms. The fourth-order valence-electron chi connectivity index (χ4n) is 2.60. The topological polar surface area (TPSA) is 78.9 Å². The maximum absolute atomic E-state index is 12.6. The van der Waals surface area contributed by atoms with Gasteiger partial charge in [0.25, 0.3) is 5.91 Å². The molecule has 118 valence electrons. The fraction of sp³-hybridized carbons (Fsp3) is 0.176. The zero-order valence-corrected chi connectivity index (χ0v) is 12.5. The Morgan fingerprint density at radius 1 is 1.13 bits per heavy atom. The largest absolute Gasteiger partial charge is 0.506 e. The van der Waals surface area contributed by atoms with Gasteiger partial charge in [-0.15, -0.1) is 0 Å². The Bertz CT molecular complexity index is 760. The van der Waals surface area contributed by atoms with Crippen LogP contribution in [0, 0.1) is 0 Å². The Labute approximate surface area is 133 Å². The van der Waals surface area contributed by atoms with Crippen molar-refractivity contribution < 1.29 is 19.4 Å². The normalized spacial score (nSPS) is 17.4. The molecule has 1 aliphatic rings. The molecule has 1 aliphatic heterocycles. The first-order valence-electron chi connectivity index (χ1n) is 7.16. The third-order valence-electron chi connectivity index (χ3n) is 3.71. The molecule has 1 atom stereocenters. The third kappa shape index (κ3) is 2.70. The van der Waals surface area contributed by atoms with Gasteiger partial charge in [0.15, 0.2) is 0 Å². The van der Waals surface area contributed by atoms with Gasteiger partial charge in [-0.05, 0) is 24.3 Å². The highest BCUT2D eigenvalue weighted by atomic mass is 16.5. The number of rotatable bonds is 4. The number of carbonyl (C=O) groups is 2. The van der Waals surface area contributed by atoms with Crippen LogP contribution in [0.2, 0.25) is 0 Å². The summed E-state index contributed by atoms with van der Waals surface area (Å²) < 4.78 is 5.22. The van der Waals surface area contributed by atoms with E-state index in [1.807, 2.05) is 0 Å². The minimum Gasteiger partial charge on any atom is -0.506 e. The summed E-state index contributed by atoms with van der Waals surface area (Å²) in [5.41, 5.74) is 0.840. The SMILES string of the molecule is COc1ccccc1N1C(=O)CC(Nc2ccccc2O)C1=O. The Morgan fingerprint density at radius 3 is 2.57 bits per heavy atom. The summed E-state index contributed by atoms with van der Waals surface area (Å²) in [5, 5.41) is 12.7. The predicted molar refractivity (Wildman–Crippen MR) is 85.6 cm³/mol. The number of anilines is 2. The molecular weight excluding hydrogens is 296 g/mol. The van der Waals surface area contributed by atoms with E-state index in [9.17, 15) is 14.7 Å². The second-order valence-corrected chi connectivity index (χ2v) is 5.16. The first kappa shape index (κ1) is 14.9. The van der Waals surface area contributed by atoms with Crippen LogP contribution in [-0.4, -0.2) is 30.1 Å². The Morgan fingerprint density at radius 2 is 1.83 bits per heavy atom. The molecule has 0 saturated carbocycles. The van der Waals surface area contributed by atoms with Crippen molar-refractivity contribution in [3.05, 3.63) is 48.5 Å². The molecule has 1 unspecified atom stereocenters. The number of aromatic hydroxyl groups is 1. The summed E-state index contributed by atoms with van der Waals surface area (Å²) in [4.78, 5) is 26.0. The number of nitrogens with zero attached hydrogens (tertiary/aromatic N) is 1. The molecule has 6 heteroatoms. The number of ether oxygens (including phenoxy) is 1. The van der Waals surface area contributed by atoms with E-state index < -0.39 is 6.04 Å². The number of carbonyl (C=O) groups excluding carboxylic acids is 2. The molecule has 3 rings (SSSR count). The van der Waals surface area contributed by atoms with Gasteiger partial charge in [0.2, 0.25) is 5.91 Å². The lowest BCUT2D eigenvalue weighted by Crippen LogP contribution is -2.35. The van der Waals surface area contributed by atoms with Crippen molar-refractivity contribution in [3.63, 3.8) is 0 Å². The Kier molecular flexibility index (Phi) is 3.89. The quantitative estimate of drug-likeness (QED) is 0.668. The van der Waals surface area contributed by atoms with Gasteiger partial charge in [-0.3, -0.25) is 9.59 Å². The van der Waals surface area contributed by atoms with E-state index in [0.717, 1.165) is 4.90 Å². The lowest BCUT2D eigenvalue weighted by Gasteiger charge is -2.18. The summed E-state index contributed by atoms with van der Waals surface area (Å²) in [6.07, 6.45) is 0.0191. The van der Waals surface area contributed by atoms with Gasteiger partial charge in [-0.25, -0.2) is 4.90 Å². The molecule has 2 aromatic carbocycles. The number of hydrogen-bond acceptors (Lipinski definition) is 5. The minimum atomic E-state index is -0.722. The molecule has 0 bridgehead atoms. The number of imide groups is 1. The van der Waals surface area contributed by atoms with Crippen LogP contribution in [0.25, 0.3) is 0 Å². The molecule has 1 fully saturated rings. The maximum Gasteiger partial charge on any atom is 0.256 e. The monoisotopic (exact) mass is 312 g/mol. The van der Waals surface area contributed by atoms with E-state index in [2.05, 4.69) is 5.32 Å². The number of nitrogens with one attached hydrogen (secondary N) is 1. The fourth-order valence-corrected chi connectivity index (χ4v) is 2.60. The van der Waals surface area contributed by atoms with Gasteiger partial charge in [0.1, 0.15) is 17.5 Å². The van der Waals surface area contributed by atoms with E-state index in [1.54, 1.807) is 42.5 Å². The first-order chi connectivity index (χ1) is 11.1. The van der Waals surface area contributed by atoms with Crippen molar-refractivity contribution in [3.8, 4) is 11.5 Å². The molecule has 2 N–H and O–H groups in total. The van der Waals surface area contributed by atoms with Crippen LogP contribution in [0.15, 0.2) is 48.5 Å². The lowest BCUT2D eigenvalue weighted by molar-refractivity contribution is -0.121. The summed E-state index contributed by atoms with van der Waals surface area (Å²) >= 11 is 0. The van der Waals surface area contributed by atoms with Crippen molar-refractivity contribution in [2.45, 2.75) is 12.5 Å². The maximum atomic E-state index is 12.6. The highest BCUT2D eigenvalue weighted by Crippen LogP contribution is 2.33. The molecule has 0 aliphatic carbocycles. The van der Waals surface area contributed by atoms with Crippen LogP contribution in [0.4, 0.5) is 11.4 Å². The molecule has 0 aromatic heterocycles. The Balaban J connectivity index is 1.87. The third-order valence-corrected chi connectivity index (χ3v) is 3.71. The number of benzene rings is 2. The number of para-hydroxylation sites is 4. The number of hydrogen-bond donors (Lipinski definition) is 2. The van der Waals surface area contributed by atoms with E-state index in [4.69, 9.17) is 4.74 Å². The smallest absolute Gasteiger partial charge is 0.256 e. The molecule has 1 saturated heterocycles. The van der Waals surface area contributed by atoms with Gasteiger partial charge in [-0.1, -0.05) is 24.3 Å². The molecule has 2 amide bonds. The van der Waals surface area contributed by atoms with Gasteiger partial charge < -0.3 is 15.2 Å². The van der Waals surface area contributed by atoms with Gasteiger partial charge in [0, 0.05) is 0 Å². The van der Waals surface area contributed by atoms with Gasteiger partial charge >= 0.3 is 0 Å². The van der Waals surface area contributed by atoms with Crippen molar-refractivity contribution >= 4 is 23.2 Å². The molecule has 2 aromatic rings. The zero-order chi connectivity index (χ0) is 16.4. The van der Waals surface area contributed by atoms with E-state index in [-0.39, 0.29) is 24.0 Å². The van der Waals surface area contributed by atoms with Gasteiger partial charge in [-0.2, -0.15) is 0 Å². The van der Waals surface area contributed by atoms with Crippen LogP contribution < -0.4 is 15.0 Å². The van der Waals surface area contributed by atoms with Crippen LogP contribution in [0.1, 0.15) is 6.42 Å². The first-order valence-corrected chi connectivity index (χ1v) is 7.16. The second kappa shape index (κ2) is 6.00. The highest BCUT2D eigenvalue weighted by molar-refractivity contribution is 6.23. The van der Waals surface area contributed by atoms with Crippen LogP contribution >= 0.6 is 0 Å². The molecule has 1 heterocycles. The van der Waals surface area contributed by atoms with E-state index in [0.29, 0.717) is 17.1 Å². The molecule has 0 spiro atoms. The number of amides is 2. The average Bonchev–Trinajstić information content (AvgIpc) is 2.83. The van der Waals surface area contributed by atoms with Crippen molar-refractivity contribution in [1.29, 1.82) is 0 Å². The number of phenolic OH excluding ortho intramolecular Hbond substituents is 1. The van der Waals surface area contributed by atoms with Crippen molar-refractivity contribution in [2.75, 3.05) is 17.3 Å². The molecule has 6 nitrogen and oxygen atoms in total. The van der Waals surface area contributed by atoms with Crippen LogP contribution in [0.3, 0.4) is 0 Å². The summed E-state index contributed by atoms with van der Waals surface area (Å²) in [6, 6.07) is 12.7.